The van der Waals surface area contributed by atoms with E-state index in [9.17, 15) is 9.59 Å². The zero-order chi connectivity index (χ0) is 15.2. The van der Waals surface area contributed by atoms with Crippen LogP contribution in [0.4, 0.5) is 0 Å². The van der Waals surface area contributed by atoms with Crippen LogP contribution in [-0.2, 0) is 9.53 Å². The molecule has 1 saturated heterocycles. The lowest BCUT2D eigenvalue weighted by molar-refractivity contribution is -0.143. The molecule has 1 aliphatic heterocycles. The first kappa shape index (κ1) is 16.4. The van der Waals surface area contributed by atoms with E-state index < -0.39 is 0 Å². The molecular weight excluding hydrogens is 308 g/mol. The Morgan fingerprint density at radius 3 is 2.71 bits per heavy atom. The Bertz CT molecular complexity index is 501. The summed E-state index contributed by atoms with van der Waals surface area (Å²) in [6.45, 7) is 2.17. The second-order valence-electron chi connectivity index (χ2n) is 5.04. The summed E-state index contributed by atoms with van der Waals surface area (Å²) in [6.07, 6.45) is 2.15. The fourth-order valence-electron chi connectivity index (χ4n) is 2.55. The molecule has 1 aromatic rings. The van der Waals surface area contributed by atoms with Crippen molar-refractivity contribution in [2.24, 2.45) is 5.92 Å². The molecule has 0 aromatic heterocycles. The number of ketones is 1. The molecule has 0 radical (unpaired) electrons. The van der Waals surface area contributed by atoms with Gasteiger partial charge in [0.15, 0.2) is 5.78 Å². The maximum Gasteiger partial charge on any atom is 0.306 e. The molecule has 0 spiro atoms. The molecule has 1 aliphatic rings. The third kappa shape index (κ3) is 4.48. The van der Waals surface area contributed by atoms with Crippen molar-refractivity contribution in [2.45, 2.75) is 31.4 Å². The summed E-state index contributed by atoms with van der Waals surface area (Å²) in [5, 5.41) is 0.633. The van der Waals surface area contributed by atoms with Gasteiger partial charge in [-0.2, -0.15) is 11.8 Å². The molecule has 0 aliphatic carbocycles. The van der Waals surface area contributed by atoms with E-state index in [0.717, 1.165) is 18.6 Å². The van der Waals surface area contributed by atoms with Crippen molar-refractivity contribution in [1.29, 1.82) is 0 Å². The lowest BCUT2D eigenvalue weighted by atomic mass is 9.88. The monoisotopic (exact) mass is 326 g/mol. The summed E-state index contributed by atoms with van der Waals surface area (Å²) in [7, 11) is 0. The maximum atomic E-state index is 12.7. The molecule has 0 amide bonds. The fraction of sp³-hybridized carbons (Fsp3) is 0.500. The normalized spacial score (nSPS) is 21.8. The number of ether oxygens (including phenoxy) is 1. The van der Waals surface area contributed by atoms with Crippen molar-refractivity contribution in [2.75, 3.05) is 12.4 Å². The number of esters is 1. The van der Waals surface area contributed by atoms with Gasteiger partial charge in [-0.25, -0.2) is 0 Å². The molecule has 0 N–H and O–H groups in total. The van der Waals surface area contributed by atoms with E-state index in [1.807, 2.05) is 0 Å². The minimum atomic E-state index is -0.217. The lowest BCUT2D eigenvalue weighted by Crippen LogP contribution is -2.32. The van der Waals surface area contributed by atoms with E-state index in [0.29, 0.717) is 23.6 Å². The highest BCUT2D eigenvalue weighted by atomic mass is 35.5. The minimum Gasteiger partial charge on any atom is -0.466 e. The van der Waals surface area contributed by atoms with Crippen molar-refractivity contribution in [3.05, 3.63) is 34.9 Å². The van der Waals surface area contributed by atoms with Gasteiger partial charge in [0.05, 0.1) is 13.0 Å². The Labute approximate surface area is 134 Å². The Morgan fingerprint density at radius 2 is 2.05 bits per heavy atom. The van der Waals surface area contributed by atoms with Gasteiger partial charge in [-0.3, -0.25) is 9.59 Å². The number of thioether (sulfide) groups is 1. The number of carbonyl (C=O) groups is 2. The van der Waals surface area contributed by atoms with Gasteiger partial charge in [0.2, 0.25) is 0 Å². The molecule has 2 rings (SSSR count). The third-order valence-electron chi connectivity index (χ3n) is 3.58. The summed E-state index contributed by atoms with van der Waals surface area (Å²) in [4.78, 5) is 24.3. The van der Waals surface area contributed by atoms with Gasteiger partial charge in [-0.1, -0.05) is 11.6 Å². The number of Topliss-reactive ketones (excluding diaryl/α,β-unsaturated/α-hetero) is 1. The summed E-state index contributed by atoms with van der Waals surface area (Å²) in [6, 6.07) is 6.97. The molecule has 1 fully saturated rings. The number of rotatable bonds is 5. The van der Waals surface area contributed by atoms with E-state index in [2.05, 4.69) is 0 Å². The van der Waals surface area contributed by atoms with E-state index in [1.54, 1.807) is 43.0 Å². The fourth-order valence-corrected chi connectivity index (χ4v) is 4.06. The quantitative estimate of drug-likeness (QED) is 0.606. The largest absolute Gasteiger partial charge is 0.466 e. The van der Waals surface area contributed by atoms with E-state index in [-0.39, 0.29) is 22.9 Å². The summed E-state index contributed by atoms with van der Waals surface area (Å²) < 4.78 is 5.01. The van der Waals surface area contributed by atoms with Crippen molar-refractivity contribution < 1.29 is 14.3 Å². The van der Waals surface area contributed by atoms with Gasteiger partial charge in [-0.05, 0) is 49.8 Å². The summed E-state index contributed by atoms with van der Waals surface area (Å²) in [5.41, 5.74) is 0.667. The number of halogens is 1. The van der Waals surface area contributed by atoms with Gasteiger partial charge in [0.1, 0.15) is 0 Å². The van der Waals surface area contributed by atoms with Gasteiger partial charge in [-0.15, -0.1) is 0 Å². The van der Waals surface area contributed by atoms with Crippen LogP contribution in [0.15, 0.2) is 24.3 Å². The maximum absolute atomic E-state index is 12.7. The van der Waals surface area contributed by atoms with Crippen LogP contribution in [0.5, 0.6) is 0 Å². The minimum absolute atomic E-state index is 0.0148. The predicted octanol–water partition coefficient (Wildman–Crippen LogP) is 3.99. The van der Waals surface area contributed by atoms with Crippen molar-refractivity contribution in [3.8, 4) is 0 Å². The van der Waals surface area contributed by atoms with Gasteiger partial charge in [0, 0.05) is 21.8 Å². The van der Waals surface area contributed by atoms with Crippen LogP contribution in [0.1, 0.15) is 36.5 Å². The number of hydrogen-bond donors (Lipinski definition) is 0. The highest BCUT2D eigenvalue weighted by molar-refractivity contribution is 8.00. The highest BCUT2D eigenvalue weighted by Crippen LogP contribution is 2.35. The molecule has 0 bridgehead atoms. The SMILES string of the molecule is CCOC(=O)C[C@H]1SCCC[C@@H]1C(=O)c1ccc(Cl)cc1. The van der Waals surface area contributed by atoms with Gasteiger partial charge in [0.25, 0.3) is 0 Å². The van der Waals surface area contributed by atoms with E-state index >= 15 is 0 Å². The van der Waals surface area contributed by atoms with E-state index in [4.69, 9.17) is 16.3 Å². The standard InChI is InChI=1S/C16H19ClO3S/c1-2-20-15(18)10-14-13(4-3-9-21-14)16(19)11-5-7-12(17)8-6-11/h5-8,13-14H,2-4,9-10H2,1H3/t13-,14+/m0/s1. The van der Waals surface area contributed by atoms with Crippen LogP contribution in [-0.4, -0.2) is 29.4 Å². The van der Waals surface area contributed by atoms with Crippen LogP contribution in [0.3, 0.4) is 0 Å². The van der Waals surface area contributed by atoms with Crippen molar-refractivity contribution in [3.63, 3.8) is 0 Å². The average molecular weight is 327 g/mol. The first-order chi connectivity index (χ1) is 10.1. The number of carbonyl (C=O) groups excluding carboxylic acids is 2. The third-order valence-corrected chi connectivity index (χ3v) is 5.28. The molecule has 1 aromatic carbocycles. The first-order valence-electron chi connectivity index (χ1n) is 7.18. The highest BCUT2D eigenvalue weighted by Gasteiger charge is 2.33. The molecule has 0 unspecified atom stereocenters. The van der Waals surface area contributed by atoms with Crippen LogP contribution in [0.2, 0.25) is 5.02 Å². The van der Waals surface area contributed by atoms with Crippen molar-refractivity contribution in [1.82, 2.24) is 0 Å². The number of benzene rings is 1. The molecule has 3 nitrogen and oxygen atoms in total. The Balaban J connectivity index is 2.08. The van der Waals surface area contributed by atoms with Crippen LogP contribution in [0.25, 0.3) is 0 Å². The second-order valence-corrected chi connectivity index (χ2v) is 6.82. The van der Waals surface area contributed by atoms with Crippen molar-refractivity contribution >= 4 is 35.1 Å². The Kier molecular flexibility index (Phi) is 6.12. The molecule has 2 atom stereocenters. The van der Waals surface area contributed by atoms with E-state index in [1.165, 1.54) is 0 Å². The van der Waals surface area contributed by atoms with Gasteiger partial charge < -0.3 is 4.74 Å². The lowest BCUT2D eigenvalue weighted by Gasteiger charge is -2.29. The zero-order valence-corrected chi connectivity index (χ0v) is 13.6. The van der Waals surface area contributed by atoms with Crippen LogP contribution in [0, 0.1) is 5.92 Å². The molecule has 21 heavy (non-hydrogen) atoms. The Morgan fingerprint density at radius 1 is 1.33 bits per heavy atom. The molecule has 0 saturated carbocycles. The summed E-state index contributed by atoms with van der Waals surface area (Å²) in [5.74, 6) is 0.766. The molecule has 114 valence electrons. The van der Waals surface area contributed by atoms with Gasteiger partial charge >= 0.3 is 5.97 Å². The molecular formula is C16H19ClO3S. The summed E-state index contributed by atoms with van der Waals surface area (Å²) >= 11 is 7.56. The van der Waals surface area contributed by atoms with Crippen LogP contribution < -0.4 is 0 Å². The smallest absolute Gasteiger partial charge is 0.306 e. The first-order valence-corrected chi connectivity index (χ1v) is 8.61. The topological polar surface area (TPSA) is 43.4 Å². The zero-order valence-electron chi connectivity index (χ0n) is 12.0. The second kappa shape index (κ2) is 7.85. The number of hydrogen-bond acceptors (Lipinski definition) is 4. The van der Waals surface area contributed by atoms with Crippen LogP contribution >= 0.6 is 23.4 Å². The molecule has 1 heterocycles. The average Bonchev–Trinajstić information content (AvgIpc) is 2.48. The predicted molar refractivity (Wildman–Crippen MR) is 86.0 cm³/mol. The Hall–Kier alpha value is -1.00. The molecule has 5 heteroatoms.